The van der Waals surface area contributed by atoms with Crippen LogP contribution in [-0.2, 0) is 4.74 Å². The number of benzene rings is 1. The van der Waals surface area contributed by atoms with Crippen LogP contribution in [0.25, 0.3) is 5.69 Å². The van der Waals surface area contributed by atoms with Crippen molar-refractivity contribution in [2.45, 2.75) is 13.8 Å². The minimum absolute atomic E-state index is 0. The van der Waals surface area contributed by atoms with Gasteiger partial charge in [0.15, 0.2) is 0 Å². The first-order chi connectivity index (χ1) is 10.9. The molecular weight excluding hydrogens is 443 g/mol. The summed E-state index contributed by atoms with van der Waals surface area (Å²) in [6.45, 7) is 3.57. The van der Waals surface area contributed by atoms with E-state index in [0.29, 0.717) is 27.9 Å². The van der Waals surface area contributed by atoms with Crippen molar-refractivity contribution in [3.8, 4) is 11.4 Å². The van der Waals surface area contributed by atoms with Gasteiger partial charge in [-0.15, -0.1) is 35.7 Å². The average Bonchev–Trinajstić information content (AvgIpc) is 3.00. The van der Waals surface area contributed by atoms with Gasteiger partial charge in [0, 0.05) is 0 Å². The third-order valence-corrected chi connectivity index (χ3v) is 3.37. The minimum Gasteiger partial charge on any atom is -0.494 e. The number of thioether (sulfide) groups is 1. The fourth-order valence-electron chi connectivity index (χ4n) is 1.57. The number of aromatic nitrogens is 3. The van der Waals surface area contributed by atoms with Gasteiger partial charge >= 0.3 is 5.97 Å². The number of hydrogen-bond acceptors (Lipinski definition) is 7. The standard InChI is InChI=1S/C12H13N3O3.C3H7NS.HI/c1-8-13-7-15(14-8)10-5-4-9(12(16)18-3)6-11(10)17-2;1-3(4)5-2;/h4-7H,1-3H3;4H,1-2H3;1H. The molecule has 2 rings (SSSR count). The van der Waals surface area contributed by atoms with Crippen LogP contribution >= 0.6 is 35.7 Å². The van der Waals surface area contributed by atoms with E-state index in [1.165, 1.54) is 26.0 Å². The zero-order valence-electron chi connectivity index (χ0n) is 14.2. The van der Waals surface area contributed by atoms with E-state index in [4.69, 9.17) is 10.1 Å². The lowest BCUT2D eigenvalue weighted by atomic mass is 10.2. The highest BCUT2D eigenvalue weighted by Crippen LogP contribution is 2.23. The van der Waals surface area contributed by atoms with Crippen LogP contribution in [0.2, 0.25) is 0 Å². The topological polar surface area (TPSA) is 90.1 Å². The number of ether oxygens (including phenoxy) is 2. The van der Waals surface area contributed by atoms with Gasteiger partial charge < -0.3 is 9.47 Å². The summed E-state index contributed by atoms with van der Waals surface area (Å²) in [4.78, 5) is 15.5. The van der Waals surface area contributed by atoms with Crippen LogP contribution in [0, 0.1) is 12.3 Å². The van der Waals surface area contributed by atoms with Crippen molar-refractivity contribution >= 4 is 46.8 Å². The molecule has 1 N–H and O–H groups in total. The summed E-state index contributed by atoms with van der Waals surface area (Å²) >= 11 is 1.46. The van der Waals surface area contributed by atoms with Crippen LogP contribution in [-0.4, -0.2) is 46.3 Å². The van der Waals surface area contributed by atoms with Gasteiger partial charge in [0.2, 0.25) is 0 Å². The Balaban J connectivity index is 0.000000777. The molecule has 9 heteroatoms. The molecular formula is C15H21IN4O3S. The molecule has 0 saturated carbocycles. The molecule has 132 valence electrons. The Morgan fingerprint density at radius 2 is 1.96 bits per heavy atom. The number of halogens is 1. The van der Waals surface area contributed by atoms with Gasteiger partial charge in [0.25, 0.3) is 0 Å². The zero-order chi connectivity index (χ0) is 17.4. The molecule has 2 aromatic rings. The molecule has 1 aromatic heterocycles. The van der Waals surface area contributed by atoms with Gasteiger partial charge in [-0.25, -0.2) is 14.5 Å². The third-order valence-electron chi connectivity index (χ3n) is 2.76. The van der Waals surface area contributed by atoms with Gasteiger partial charge in [-0.1, -0.05) is 0 Å². The molecule has 0 aliphatic rings. The van der Waals surface area contributed by atoms with E-state index in [1.54, 1.807) is 43.1 Å². The number of carbonyl (C=O) groups excluding carboxylic acids is 1. The summed E-state index contributed by atoms with van der Waals surface area (Å²) in [7, 11) is 2.87. The summed E-state index contributed by atoms with van der Waals surface area (Å²) in [6.07, 6.45) is 3.48. The second-order valence-corrected chi connectivity index (χ2v) is 5.40. The molecule has 0 bridgehead atoms. The van der Waals surface area contributed by atoms with E-state index in [9.17, 15) is 4.79 Å². The maximum absolute atomic E-state index is 11.4. The quantitative estimate of drug-likeness (QED) is 0.325. The molecule has 0 unspecified atom stereocenters. The first-order valence-corrected chi connectivity index (χ1v) is 7.89. The van der Waals surface area contributed by atoms with Crippen molar-refractivity contribution in [1.82, 2.24) is 14.8 Å². The fraction of sp³-hybridized carbons (Fsp3) is 0.333. The number of aryl methyl sites for hydroxylation is 1. The minimum atomic E-state index is -0.408. The molecule has 0 spiro atoms. The second-order valence-electron chi connectivity index (χ2n) is 4.37. The number of rotatable bonds is 3. The van der Waals surface area contributed by atoms with Crippen LogP contribution in [0.1, 0.15) is 23.1 Å². The maximum atomic E-state index is 11.4. The molecule has 0 aliphatic carbocycles. The SMILES string of the molecule is COC(=O)c1ccc(-n2cnc(C)n2)c(OC)c1.CSC(C)=N.I. The molecule has 7 nitrogen and oxygen atoms in total. The summed E-state index contributed by atoms with van der Waals surface area (Å²) in [5, 5.41) is 11.6. The summed E-state index contributed by atoms with van der Waals surface area (Å²) in [5.41, 5.74) is 1.14. The zero-order valence-corrected chi connectivity index (χ0v) is 17.3. The molecule has 0 radical (unpaired) electrons. The number of methoxy groups -OCH3 is 2. The first-order valence-electron chi connectivity index (χ1n) is 6.67. The number of carbonyl (C=O) groups is 1. The molecule has 0 fully saturated rings. The van der Waals surface area contributed by atoms with Crippen molar-refractivity contribution in [1.29, 1.82) is 5.41 Å². The number of hydrogen-bond donors (Lipinski definition) is 1. The summed E-state index contributed by atoms with van der Waals surface area (Å²) < 4.78 is 11.5. The molecule has 0 atom stereocenters. The van der Waals surface area contributed by atoms with E-state index < -0.39 is 5.97 Å². The van der Waals surface area contributed by atoms with E-state index in [-0.39, 0.29) is 24.0 Å². The van der Waals surface area contributed by atoms with Crippen LogP contribution < -0.4 is 4.74 Å². The number of esters is 1. The molecule has 1 heterocycles. The normalized spacial score (nSPS) is 9.21. The average molecular weight is 464 g/mol. The third kappa shape index (κ3) is 6.48. The first kappa shape index (κ1) is 22.4. The molecule has 0 amide bonds. The van der Waals surface area contributed by atoms with Gasteiger partial charge in [-0.05, 0) is 38.3 Å². The number of nitrogens with one attached hydrogen (secondary N) is 1. The van der Waals surface area contributed by atoms with Gasteiger partial charge in [0.05, 0.1) is 24.8 Å². The molecule has 24 heavy (non-hydrogen) atoms. The van der Waals surface area contributed by atoms with Crippen molar-refractivity contribution < 1.29 is 14.3 Å². The Morgan fingerprint density at radius 1 is 1.33 bits per heavy atom. The summed E-state index contributed by atoms with van der Waals surface area (Å²) in [5.74, 6) is 0.784. The van der Waals surface area contributed by atoms with Crippen LogP contribution in [0.4, 0.5) is 0 Å². The highest BCUT2D eigenvalue weighted by atomic mass is 127. The molecule has 1 aromatic carbocycles. The Hall–Kier alpha value is -1.62. The smallest absolute Gasteiger partial charge is 0.337 e. The Bertz CT molecular complexity index is 691. The number of nitrogens with zero attached hydrogens (tertiary/aromatic N) is 3. The van der Waals surface area contributed by atoms with Crippen molar-refractivity contribution in [2.75, 3.05) is 20.5 Å². The highest BCUT2D eigenvalue weighted by Gasteiger charge is 2.12. The van der Waals surface area contributed by atoms with Gasteiger partial charge in [-0.2, -0.15) is 5.10 Å². The highest BCUT2D eigenvalue weighted by molar-refractivity contribution is 14.0. The predicted octanol–water partition coefficient (Wildman–Crippen LogP) is 3.34. The lowest BCUT2D eigenvalue weighted by Crippen LogP contribution is -2.04. The predicted molar refractivity (Wildman–Crippen MR) is 106 cm³/mol. The van der Waals surface area contributed by atoms with E-state index in [0.717, 1.165) is 0 Å². The van der Waals surface area contributed by atoms with Crippen molar-refractivity contribution in [3.05, 3.63) is 35.9 Å². The lowest BCUT2D eigenvalue weighted by molar-refractivity contribution is 0.0600. The monoisotopic (exact) mass is 464 g/mol. The molecule has 0 saturated heterocycles. The van der Waals surface area contributed by atoms with Crippen LogP contribution in [0.15, 0.2) is 24.5 Å². The van der Waals surface area contributed by atoms with Gasteiger partial charge in [-0.3, -0.25) is 5.41 Å². The van der Waals surface area contributed by atoms with Crippen molar-refractivity contribution in [3.63, 3.8) is 0 Å². The van der Waals surface area contributed by atoms with E-state index in [1.807, 2.05) is 6.26 Å². The van der Waals surface area contributed by atoms with Crippen LogP contribution in [0.3, 0.4) is 0 Å². The van der Waals surface area contributed by atoms with Crippen molar-refractivity contribution in [2.24, 2.45) is 0 Å². The Kier molecular flexibility index (Phi) is 10.3. The van der Waals surface area contributed by atoms with Gasteiger partial charge in [0.1, 0.15) is 23.6 Å². The van der Waals surface area contributed by atoms with E-state index >= 15 is 0 Å². The largest absolute Gasteiger partial charge is 0.494 e. The van der Waals surface area contributed by atoms with Crippen LogP contribution in [0.5, 0.6) is 5.75 Å². The fourth-order valence-corrected chi connectivity index (χ4v) is 1.57. The molecule has 0 aliphatic heterocycles. The maximum Gasteiger partial charge on any atom is 0.337 e. The lowest BCUT2D eigenvalue weighted by Gasteiger charge is -2.09. The Morgan fingerprint density at radius 3 is 2.38 bits per heavy atom. The summed E-state index contributed by atoms with van der Waals surface area (Å²) in [6, 6.07) is 5.00. The Labute approximate surface area is 162 Å². The van der Waals surface area contributed by atoms with E-state index in [2.05, 4.69) is 14.8 Å². The second kappa shape index (κ2) is 11.0.